The molecule has 1 aromatic rings. The van der Waals surface area contributed by atoms with E-state index in [1.807, 2.05) is 24.1 Å². The van der Waals surface area contributed by atoms with Gasteiger partial charge in [-0.2, -0.15) is 0 Å². The topological polar surface area (TPSA) is 32.3 Å². The number of hydrogen-bond donors (Lipinski definition) is 1. The van der Waals surface area contributed by atoms with Gasteiger partial charge in [-0.3, -0.25) is 4.79 Å². The largest absolute Gasteiger partial charge is 0.345 e. The first-order valence-corrected chi connectivity index (χ1v) is 7.63. The molecule has 19 heavy (non-hydrogen) atoms. The molecule has 104 valence electrons. The predicted octanol–water partition coefficient (Wildman–Crippen LogP) is 2.45. The summed E-state index contributed by atoms with van der Waals surface area (Å²) in [5, 5.41) is 3.34. The van der Waals surface area contributed by atoms with E-state index in [4.69, 9.17) is 0 Å². The zero-order valence-electron chi connectivity index (χ0n) is 11.4. The van der Waals surface area contributed by atoms with Crippen molar-refractivity contribution in [2.24, 2.45) is 5.92 Å². The van der Waals surface area contributed by atoms with Crippen LogP contribution in [0, 0.1) is 5.92 Å². The molecule has 1 aliphatic heterocycles. The molecule has 4 heteroatoms. The molecule has 0 saturated carbocycles. The molecule has 1 N–H and O–H groups in total. The second-order valence-corrected chi connectivity index (χ2v) is 6.18. The Morgan fingerprint density at radius 2 is 2.37 bits per heavy atom. The second-order valence-electron chi connectivity index (χ2n) is 5.26. The van der Waals surface area contributed by atoms with Gasteiger partial charge >= 0.3 is 0 Å². The van der Waals surface area contributed by atoms with Crippen LogP contribution in [-0.2, 0) is 11.2 Å². The Hall–Kier alpha value is -0.870. The summed E-state index contributed by atoms with van der Waals surface area (Å²) < 4.78 is 1.07. The van der Waals surface area contributed by atoms with Crippen molar-refractivity contribution in [3.8, 4) is 0 Å². The van der Waals surface area contributed by atoms with Crippen LogP contribution in [0.25, 0.3) is 0 Å². The number of halogens is 1. The third-order valence-electron chi connectivity index (χ3n) is 3.64. The lowest BCUT2D eigenvalue weighted by Gasteiger charge is -2.20. The summed E-state index contributed by atoms with van der Waals surface area (Å²) in [7, 11) is 1.92. The molecular formula is C15H21BrN2O. The standard InChI is InChI=1S/C15H21BrN2O/c1-18(11-13-7-8-17-10-13)15(19)6-5-12-3-2-4-14(16)9-12/h2-4,9,13,17H,5-8,10-11H2,1H3. The fourth-order valence-electron chi connectivity index (χ4n) is 2.49. The highest BCUT2D eigenvalue weighted by Crippen LogP contribution is 2.14. The van der Waals surface area contributed by atoms with Gasteiger partial charge in [0.05, 0.1) is 0 Å². The number of amides is 1. The van der Waals surface area contributed by atoms with E-state index in [1.165, 1.54) is 12.0 Å². The van der Waals surface area contributed by atoms with Gasteiger partial charge in [0.15, 0.2) is 0 Å². The van der Waals surface area contributed by atoms with E-state index >= 15 is 0 Å². The van der Waals surface area contributed by atoms with Crippen molar-refractivity contribution in [3.05, 3.63) is 34.3 Å². The van der Waals surface area contributed by atoms with Gasteiger partial charge < -0.3 is 10.2 Å². The number of carbonyl (C=O) groups excluding carboxylic acids is 1. The van der Waals surface area contributed by atoms with Crippen LogP contribution in [0.5, 0.6) is 0 Å². The molecular weight excluding hydrogens is 304 g/mol. The summed E-state index contributed by atoms with van der Waals surface area (Å²) >= 11 is 3.45. The van der Waals surface area contributed by atoms with E-state index in [2.05, 4.69) is 33.4 Å². The fraction of sp³-hybridized carbons (Fsp3) is 0.533. The maximum atomic E-state index is 12.1. The molecule has 1 fully saturated rings. The molecule has 0 aromatic heterocycles. The maximum Gasteiger partial charge on any atom is 0.222 e. The summed E-state index contributed by atoms with van der Waals surface area (Å²) in [6, 6.07) is 8.16. The number of aryl methyl sites for hydroxylation is 1. The van der Waals surface area contributed by atoms with Gasteiger partial charge in [0, 0.05) is 24.5 Å². The van der Waals surface area contributed by atoms with Gasteiger partial charge in [0.1, 0.15) is 0 Å². The Morgan fingerprint density at radius 3 is 3.05 bits per heavy atom. The van der Waals surface area contributed by atoms with Crippen molar-refractivity contribution in [2.45, 2.75) is 19.3 Å². The van der Waals surface area contributed by atoms with Crippen molar-refractivity contribution in [1.82, 2.24) is 10.2 Å². The highest BCUT2D eigenvalue weighted by Gasteiger charge is 2.18. The van der Waals surface area contributed by atoms with Crippen LogP contribution in [0.3, 0.4) is 0 Å². The van der Waals surface area contributed by atoms with Crippen molar-refractivity contribution in [2.75, 3.05) is 26.7 Å². The van der Waals surface area contributed by atoms with E-state index < -0.39 is 0 Å². The van der Waals surface area contributed by atoms with Crippen molar-refractivity contribution >= 4 is 21.8 Å². The Balaban J connectivity index is 1.76. The minimum absolute atomic E-state index is 0.242. The Bertz CT molecular complexity index is 430. The zero-order chi connectivity index (χ0) is 13.7. The molecule has 1 aromatic carbocycles. The van der Waals surface area contributed by atoms with Gasteiger partial charge in [-0.25, -0.2) is 0 Å². The first-order chi connectivity index (χ1) is 9.15. The normalized spacial score (nSPS) is 18.5. The number of nitrogens with zero attached hydrogens (tertiary/aromatic N) is 1. The van der Waals surface area contributed by atoms with Crippen LogP contribution in [-0.4, -0.2) is 37.5 Å². The average Bonchev–Trinajstić information content (AvgIpc) is 2.89. The van der Waals surface area contributed by atoms with Crippen LogP contribution in [0.4, 0.5) is 0 Å². The second kappa shape index (κ2) is 7.06. The SMILES string of the molecule is CN(CC1CCNC1)C(=O)CCc1cccc(Br)c1. The predicted molar refractivity (Wildman–Crippen MR) is 81.1 cm³/mol. The quantitative estimate of drug-likeness (QED) is 0.902. The Kier molecular flexibility index (Phi) is 5.40. The molecule has 1 amide bonds. The van der Waals surface area contributed by atoms with Crippen LogP contribution in [0.1, 0.15) is 18.4 Å². The third-order valence-corrected chi connectivity index (χ3v) is 4.13. The molecule has 0 spiro atoms. The lowest BCUT2D eigenvalue weighted by molar-refractivity contribution is -0.130. The van der Waals surface area contributed by atoms with Gasteiger partial charge in [0.25, 0.3) is 0 Å². The van der Waals surface area contributed by atoms with Gasteiger partial charge in [-0.15, -0.1) is 0 Å². The zero-order valence-corrected chi connectivity index (χ0v) is 12.9. The minimum Gasteiger partial charge on any atom is -0.345 e. The lowest BCUT2D eigenvalue weighted by atomic mass is 10.1. The van der Waals surface area contributed by atoms with E-state index in [0.29, 0.717) is 12.3 Å². The summed E-state index contributed by atoms with van der Waals surface area (Å²) in [5.74, 6) is 0.867. The Labute approximate surface area is 123 Å². The molecule has 0 radical (unpaired) electrons. The highest BCUT2D eigenvalue weighted by atomic mass is 79.9. The van der Waals surface area contributed by atoms with E-state index in [9.17, 15) is 4.79 Å². The smallest absolute Gasteiger partial charge is 0.222 e. The first-order valence-electron chi connectivity index (χ1n) is 6.84. The third kappa shape index (κ3) is 4.62. The number of rotatable bonds is 5. The van der Waals surface area contributed by atoms with Crippen LogP contribution < -0.4 is 5.32 Å². The number of benzene rings is 1. The maximum absolute atomic E-state index is 12.1. The average molecular weight is 325 g/mol. The van der Waals surface area contributed by atoms with Crippen LogP contribution >= 0.6 is 15.9 Å². The summed E-state index contributed by atoms with van der Waals surface area (Å²) in [5.41, 5.74) is 1.21. The molecule has 3 nitrogen and oxygen atoms in total. The molecule has 1 atom stereocenters. The molecule has 0 aliphatic carbocycles. The molecule has 2 rings (SSSR count). The van der Waals surface area contributed by atoms with E-state index in [1.54, 1.807) is 0 Å². The molecule has 1 saturated heterocycles. The van der Waals surface area contributed by atoms with Crippen molar-refractivity contribution in [1.29, 1.82) is 0 Å². The number of nitrogens with one attached hydrogen (secondary N) is 1. The summed E-state index contributed by atoms with van der Waals surface area (Å²) in [6.45, 7) is 3.01. The fourth-order valence-corrected chi connectivity index (χ4v) is 2.94. The van der Waals surface area contributed by atoms with Crippen LogP contribution in [0.15, 0.2) is 28.7 Å². The van der Waals surface area contributed by atoms with E-state index in [0.717, 1.165) is 30.5 Å². The number of carbonyl (C=O) groups is 1. The van der Waals surface area contributed by atoms with Gasteiger partial charge in [0.2, 0.25) is 5.91 Å². The van der Waals surface area contributed by atoms with E-state index in [-0.39, 0.29) is 5.91 Å². The minimum atomic E-state index is 0.242. The number of hydrogen-bond acceptors (Lipinski definition) is 2. The van der Waals surface area contributed by atoms with Gasteiger partial charge in [-0.1, -0.05) is 28.1 Å². The van der Waals surface area contributed by atoms with Crippen molar-refractivity contribution < 1.29 is 4.79 Å². The molecule has 1 unspecified atom stereocenters. The van der Waals surface area contributed by atoms with Crippen molar-refractivity contribution in [3.63, 3.8) is 0 Å². The highest BCUT2D eigenvalue weighted by molar-refractivity contribution is 9.10. The Morgan fingerprint density at radius 1 is 1.53 bits per heavy atom. The first kappa shape index (κ1) is 14.5. The molecule has 1 aliphatic rings. The lowest BCUT2D eigenvalue weighted by Crippen LogP contribution is -2.32. The van der Waals surface area contributed by atoms with Crippen LogP contribution in [0.2, 0.25) is 0 Å². The summed E-state index contributed by atoms with van der Waals surface area (Å²) in [4.78, 5) is 14.0. The molecule has 1 heterocycles. The monoisotopic (exact) mass is 324 g/mol. The van der Waals surface area contributed by atoms with Gasteiger partial charge in [-0.05, 0) is 49.5 Å². The molecule has 0 bridgehead atoms. The summed E-state index contributed by atoms with van der Waals surface area (Å²) in [6.07, 6.45) is 2.59.